The molecule has 3 aliphatic heterocycles. The molecule has 3 rings (SSSR count). The second-order valence-electron chi connectivity index (χ2n) is 7.25. The maximum Gasteiger partial charge on any atom is 0.416 e. The lowest BCUT2D eigenvalue weighted by Gasteiger charge is -2.39. The summed E-state index contributed by atoms with van der Waals surface area (Å²) < 4.78 is 55.1. The Balaban J connectivity index is 1.52. The normalized spacial score (nSPS) is 34.0. The van der Waals surface area contributed by atoms with Crippen LogP contribution >= 0.6 is 0 Å². The molecule has 0 radical (unpaired) electrons. The summed E-state index contributed by atoms with van der Waals surface area (Å²) in [6.45, 7) is 2.92. The molecule has 32 heavy (non-hydrogen) atoms. The number of fused-ring (bicyclic) bond motifs is 2. The number of aliphatic hydroxyl groups excluding tert-OH is 3. The van der Waals surface area contributed by atoms with Gasteiger partial charge in [0, 0.05) is 13.1 Å². The largest absolute Gasteiger partial charge is 0.416 e. The van der Waals surface area contributed by atoms with Gasteiger partial charge in [0.25, 0.3) is 11.8 Å². The number of carbonyl (C=O) groups excluding carboxylic acids is 2. The van der Waals surface area contributed by atoms with E-state index in [1.165, 1.54) is 18.2 Å². The van der Waals surface area contributed by atoms with E-state index in [-0.39, 0.29) is 19.7 Å². The van der Waals surface area contributed by atoms with Gasteiger partial charge < -0.3 is 40.2 Å². The van der Waals surface area contributed by atoms with Crippen LogP contribution in [0, 0.1) is 0 Å². The maximum atomic E-state index is 13.2. The van der Waals surface area contributed by atoms with Crippen LogP contribution in [0.2, 0.25) is 0 Å². The summed E-state index contributed by atoms with van der Waals surface area (Å²) >= 11 is 0. The van der Waals surface area contributed by atoms with Crippen molar-refractivity contribution in [2.75, 3.05) is 19.7 Å². The van der Waals surface area contributed by atoms with Gasteiger partial charge in [0.15, 0.2) is 12.4 Å². The van der Waals surface area contributed by atoms with E-state index < -0.39 is 72.1 Å². The maximum absolute atomic E-state index is 13.2. The van der Waals surface area contributed by atoms with Crippen molar-refractivity contribution in [2.45, 2.75) is 49.1 Å². The van der Waals surface area contributed by atoms with Crippen molar-refractivity contribution < 1.29 is 52.3 Å². The van der Waals surface area contributed by atoms with E-state index in [0.717, 1.165) is 0 Å². The standard InChI is InChI=1S/C19H23F3N2O8/c1-2-7-30-18-14(27)12(25)13(26)15(32-18)17(29)24-6-5-23-16(28)10-8-3-4-9(31-8)11(10)19(20,21)22/h2-4,8-9,12-15,18,25-27H,1,5-7H2,(H,23,28)(H,24,29)/t8-,9+,12-,13-,14-,15-,18+/m0/s1. The van der Waals surface area contributed by atoms with Gasteiger partial charge in [-0.15, -0.1) is 6.58 Å². The van der Waals surface area contributed by atoms with Gasteiger partial charge in [0.2, 0.25) is 0 Å². The Labute approximate surface area is 180 Å². The molecule has 3 heterocycles. The average Bonchev–Trinajstić information content (AvgIpc) is 3.36. The third-order valence-corrected chi connectivity index (χ3v) is 5.08. The third kappa shape index (κ3) is 4.87. The highest BCUT2D eigenvalue weighted by atomic mass is 19.4. The number of aliphatic hydroxyl groups is 3. The van der Waals surface area contributed by atoms with Crippen LogP contribution in [0.3, 0.4) is 0 Å². The molecule has 0 aliphatic carbocycles. The first kappa shape index (κ1) is 24.4. The molecule has 0 spiro atoms. The summed E-state index contributed by atoms with van der Waals surface area (Å²) in [4.78, 5) is 24.6. The molecule has 178 valence electrons. The number of ether oxygens (including phenoxy) is 3. The first-order chi connectivity index (χ1) is 15.1. The van der Waals surface area contributed by atoms with Crippen LogP contribution in [0.4, 0.5) is 13.2 Å². The molecule has 0 aromatic rings. The third-order valence-electron chi connectivity index (χ3n) is 5.08. The molecule has 0 saturated carbocycles. The number of carbonyl (C=O) groups is 2. The van der Waals surface area contributed by atoms with Crippen molar-refractivity contribution in [3.05, 3.63) is 36.0 Å². The van der Waals surface area contributed by atoms with Crippen molar-refractivity contribution in [2.24, 2.45) is 0 Å². The van der Waals surface area contributed by atoms with E-state index in [0.29, 0.717) is 0 Å². The van der Waals surface area contributed by atoms with E-state index in [2.05, 4.69) is 17.2 Å². The summed E-state index contributed by atoms with van der Waals surface area (Å²) in [6, 6.07) is 0. The molecule has 0 aromatic heterocycles. The molecule has 3 aliphatic rings. The first-order valence-corrected chi connectivity index (χ1v) is 9.69. The van der Waals surface area contributed by atoms with Gasteiger partial charge in [-0.1, -0.05) is 18.2 Å². The summed E-state index contributed by atoms with van der Waals surface area (Å²) in [7, 11) is 0. The fourth-order valence-corrected chi connectivity index (χ4v) is 3.57. The minimum atomic E-state index is -4.73. The summed E-state index contributed by atoms with van der Waals surface area (Å²) in [5.41, 5.74) is -1.58. The number of hydrogen-bond acceptors (Lipinski definition) is 8. The van der Waals surface area contributed by atoms with Crippen LogP contribution in [-0.4, -0.2) is 95.9 Å². The SMILES string of the molecule is C=CCO[C@@H]1O[C@H](C(=O)NCCNC(=O)C2=C(C(F)(F)F)[C@H]3C=C[C@@H]2O3)[C@@H](O)[C@H](O)[C@@H]1O. The number of nitrogens with one attached hydrogen (secondary N) is 2. The van der Waals surface area contributed by atoms with Crippen molar-refractivity contribution in [1.82, 2.24) is 10.6 Å². The highest BCUT2D eigenvalue weighted by Crippen LogP contribution is 2.43. The quantitative estimate of drug-likeness (QED) is 0.214. The van der Waals surface area contributed by atoms with Crippen LogP contribution in [-0.2, 0) is 23.8 Å². The highest BCUT2D eigenvalue weighted by molar-refractivity contribution is 5.97. The molecule has 2 bridgehead atoms. The fraction of sp³-hybridized carbons (Fsp3) is 0.579. The summed E-state index contributed by atoms with van der Waals surface area (Å²) in [6.07, 6.45) is -11.3. The molecular formula is C19H23F3N2O8. The predicted octanol–water partition coefficient (Wildman–Crippen LogP) is -1.57. The van der Waals surface area contributed by atoms with E-state index >= 15 is 0 Å². The number of amides is 2. The van der Waals surface area contributed by atoms with Crippen LogP contribution in [0.1, 0.15) is 0 Å². The van der Waals surface area contributed by atoms with E-state index in [1.807, 2.05) is 0 Å². The van der Waals surface area contributed by atoms with Crippen LogP contribution in [0.5, 0.6) is 0 Å². The van der Waals surface area contributed by atoms with Crippen LogP contribution in [0.25, 0.3) is 0 Å². The van der Waals surface area contributed by atoms with Gasteiger partial charge in [-0.25, -0.2) is 0 Å². The summed E-state index contributed by atoms with van der Waals surface area (Å²) in [5.74, 6) is -1.86. The van der Waals surface area contributed by atoms with Crippen molar-refractivity contribution >= 4 is 11.8 Å². The second-order valence-corrected chi connectivity index (χ2v) is 7.25. The molecule has 0 aromatic carbocycles. The Hall–Kier alpha value is -2.29. The molecule has 13 heteroatoms. The molecule has 7 atom stereocenters. The topological polar surface area (TPSA) is 147 Å². The average molecular weight is 464 g/mol. The first-order valence-electron chi connectivity index (χ1n) is 9.69. The minimum Gasteiger partial charge on any atom is -0.387 e. The van der Waals surface area contributed by atoms with E-state index in [1.54, 1.807) is 0 Å². The monoisotopic (exact) mass is 464 g/mol. The molecule has 1 saturated heterocycles. The van der Waals surface area contributed by atoms with E-state index in [4.69, 9.17) is 14.2 Å². The Bertz CT molecular complexity index is 815. The van der Waals surface area contributed by atoms with Crippen molar-refractivity contribution in [1.29, 1.82) is 0 Å². The Kier molecular flexibility index (Phi) is 7.37. The number of alkyl halides is 3. The van der Waals surface area contributed by atoms with Gasteiger partial charge in [0.1, 0.15) is 30.5 Å². The van der Waals surface area contributed by atoms with Crippen molar-refractivity contribution in [3.63, 3.8) is 0 Å². The van der Waals surface area contributed by atoms with Gasteiger partial charge in [-0.2, -0.15) is 13.2 Å². The minimum absolute atomic E-state index is 0.0541. The lowest BCUT2D eigenvalue weighted by molar-refractivity contribution is -0.288. The summed E-state index contributed by atoms with van der Waals surface area (Å²) in [5, 5.41) is 34.4. The van der Waals surface area contributed by atoms with Gasteiger partial charge in [0.05, 0.1) is 17.8 Å². The van der Waals surface area contributed by atoms with Gasteiger partial charge in [-0.3, -0.25) is 9.59 Å². The Morgan fingerprint density at radius 3 is 2.38 bits per heavy atom. The van der Waals surface area contributed by atoms with Gasteiger partial charge in [-0.05, 0) is 0 Å². The molecule has 0 unspecified atom stereocenters. The highest BCUT2D eigenvalue weighted by Gasteiger charge is 2.51. The molecule has 5 N–H and O–H groups in total. The lowest BCUT2D eigenvalue weighted by Crippen LogP contribution is -2.62. The zero-order valence-electron chi connectivity index (χ0n) is 16.6. The van der Waals surface area contributed by atoms with Crippen molar-refractivity contribution in [3.8, 4) is 0 Å². The Morgan fingerprint density at radius 1 is 1.06 bits per heavy atom. The lowest BCUT2D eigenvalue weighted by atomic mass is 9.96. The zero-order chi connectivity index (χ0) is 23.6. The second kappa shape index (κ2) is 9.68. The molecule has 1 fully saturated rings. The molecule has 2 amide bonds. The van der Waals surface area contributed by atoms with Crippen LogP contribution in [0.15, 0.2) is 36.0 Å². The number of halogens is 3. The van der Waals surface area contributed by atoms with Gasteiger partial charge >= 0.3 is 6.18 Å². The van der Waals surface area contributed by atoms with E-state index in [9.17, 15) is 38.1 Å². The predicted molar refractivity (Wildman–Crippen MR) is 99.7 cm³/mol. The molecular weight excluding hydrogens is 441 g/mol. The Morgan fingerprint density at radius 2 is 1.72 bits per heavy atom. The molecule has 10 nitrogen and oxygen atoms in total. The number of hydrogen-bond donors (Lipinski definition) is 5. The van der Waals surface area contributed by atoms with Crippen LogP contribution < -0.4 is 10.6 Å². The number of rotatable bonds is 8. The fourth-order valence-electron chi connectivity index (χ4n) is 3.57. The smallest absolute Gasteiger partial charge is 0.387 e. The zero-order valence-corrected chi connectivity index (χ0v) is 16.6.